The minimum Gasteiger partial charge on any atom is -0.497 e. The lowest BCUT2D eigenvalue weighted by molar-refractivity contribution is 0.144. The van der Waals surface area contributed by atoms with Gasteiger partial charge in [-0.3, -0.25) is 0 Å². The van der Waals surface area contributed by atoms with E-state index in [9.17, 15) is 4.79 Å². The Morgan fingerprint density at radius 2 is 2.24 bits per heavy atom. The molecule has 0 aliphatic carbocycles. The fraction of sp³-hybridized carbons (Fsp3) is 0.562. The van der Waals surface area contributed by atoms with E-state index in [1.807, 2.05) is 23.1 Å². The first-order valence-corrected chi connectivity index (χ1v) is 7.64. The Kier molecular flexibility index (Phi) is 4.01. The summed E-state index contributed by atoms with van der Waals surface area (Å²) in [5.74, 6) is 1.33. The number of carbonyl (C=O) groups excluding carboxylic acids is 1. The van der Waals surface area contributed by atoms with Crippen molar-refractivity contribution in [1.29, 1.82) is 0 Å². The van der Waals surface area contributed by atoms with Crippen LogP contribution in [0.2, 0.25) is 0 Å². The van der Waals surface area contributed by atoms with Gasteiger partial charge in [-0.15, -0.1) is 0 Å². The highest BCUT2D eigenvalue weighted by molar-refractivity contribution is 5.91. The van der Waals surface area contributed by atoms with Crippen LogP contribution in [0.4, 0.5) is 10.5 Å². The molecular formula is C16H23N3O2. The molecule has 5 nitrogen and oxygen atoms in total. The molecule has 1 aromatic rings. The predicted molar refractivity (Wildman–Crippen MR) is 82.9 cm³/mol. The van der Waals surface area contributed by atoms with Gasteiger partial charge >= 0.3 is 6.03 Å². The smallest absolute Gasteiger partial charge is 0.322 e. The minimum atomic E-state index is 0.0256. The van der Waals surface area contributed by atoms with Gasteiger partial charge in [-0.25, -0.2) is 4.79 Å². The molecule has 3 rings (SSSR count). The van der Waals surface area contributed by atoms with Crippen molar-refractivity contribution in [2.24, 2.45) is 5.92 Å². The van der Waals surface area contributed by atoms with Crippen LogP contribution in [-0.4, -0.2) is 43.7 Å². The number of rotatable bonds is 2. The van der Waals surface area contributed by atoms with Gasteiger partial charge in [-0.2, -0.15) is 0 Å². The second-order valence-corrected chi connectivity index (χ2v) is 5.93. The average molecular weight is 289 g/mol. The highest BCUT2D eigenvalue weighted by atomic mass is 16.5. The number of amides is 2. The number of nitrogens with zero attached hydrogens (tertiary/aromatic N) is 1. The number of anilines is 1. The van der Waals surface area contributed by atoms with Crippen molar-refractivity contribution in [3.8, 4) is 5.75 Å². The topological polar surface area (TPSA) is 53.6 Å². The Labute approximate surface area is 125 Å². The standard InChI is InChI=1S/C16H23N3O2/c1-11-10-17-7-5-15(11)19-8-6-12-9-13(21-2)3-4-14(12)18-16(19)20/h3-4,9,11,15,17H,5-8,10H2,1-2H3,(H,18,20). The van der Waals surface area contributed by atoms with E-state index in [0.717, 1.165) is 49.5 Å². The number of hydrogen-bond donors (Lipinski definition) is 2. The number of fused-ring (bicyclic) bond motifs is 1. The van der Waals surface area contributed by atoms with Crippen LogP contribution in [0.15, 0.2) is 18.2 Å². The number of methoxy groups -OCH3 is 1. The summed E-state index contributed by atoms with van der Waals surface area (Å²) in [5.41, 5.74) is 2.05. The fourth-order valence-corrected chi connectivity index (χ4v) is 3.33. The predicted octanol–water partition coefficient (Wildman–Crippen LogP) is 2.08. The van der Waals surface area contributed by atoms with Crippen molar-refractivity contribution in [2.45, 2.75) is 25.8 Å². The first kappa shape index (κ1) is 14.2. The highest BCUT2D eigenvalue weighted by Gasteiger charge is 2.32. The summed E-state index contributed by atoms with van der Waals surface area (Å²) in [4.78, 5) is 14.6. The molecule has 5 heteroatoms. The number of benzene rings is 1. The molecule has 2 amide bonds. The van der Waals surface area contributed by atoms with Crippen molar-refractivity contribution in [3.63, 3.8) is 0 Å². The molecule has 0 radical (unpaired) electrons. The molecule has 2 N–H and O–H groups in total. The maximum atomic E-state index is 12.5. The Balaban J connectivity index is 1.80. The molecule has 114 valence electrons. The van der Waals surface area contributed by atoms with E-state index in [4.69, 9.17) is 4.74 Å². The Bertz CT molecular complexity index is 532. The minimum absolute atomic E-state index is 0.0256. The monoisotopic (exact) mass is 289 g/mol. The van der Waals surface area contributed by atoms with Crippen LogP contribution in [0.3, 0.4) is 0 Å². The van der Waals surface area contributed by atoms with Crippen LogP contribution < -0.4 is 15.4 Å². The third-order valence-corrected chi connectivity index (χ3v) is 4.58. The van der Waals surface area contributed by atoms with Crippen molar-refractivity contribution in [3.05, 3.63) is 23.8 Å². The molecule has 2 unspecified atom stereocenters. The largest absolute Gasteiger partial charge is 0.497 e. The maximum Gasteiger partial charge on any atom is 0.322 e. The third-order valence-electron chi connectivity index (χ3n) is 4.58. The molecule has 2 aliphatic rings. The zero-order valence-electron chi connectivity index (χ0n) is 12.7. The van der Waals surface area contributed by atoms with E-state index in [-0.39, 0.29) is 6.03 Å². The molecule has 2 heterocycles. The third kappa shape index (κ3) is 2.83. The zero-order chi connectivity index (χ0) is 14.8. The quantitative estimate of drug-likeness (QED) is 0.876. The van der Waals surface area contributed by atoms with E-state index in [1.54, 1.807) is 7.11 Å². The van der Waals surface area contributed by atoms with Crippen LogP contribution in [0.5, 0.6) is 5.75 Å². The van der Waals surface area contributed by atoms with E-state index in [0.29, 0.717) is 12.0 Å². The molecule has 0 saturated carbocycles. The van der Waals surface area contributed by atoms with Gasteiger partial charge in [0.2, 0.25) is 0 Å². The summed E-state index contributed by atoms with van der Waals surface area (Å²) in [6.07, 6.45) is 1.89. The summed E-state index contributed by atoms with van der Waals surface area (Å²) >= 11 is 0. The molecule has 2 atom stereocenters. The van der Waals surface area contributed by atoms with E-state index >= 15 is 0 Å². The van der Waals surface area contributed by atoms with Gasteiger partial charge in [0, 0.05) is 18.3 Å². The molecule has 1 fully saturated rings. The lowest BCUT2D eigenvalue weighted by atomic mass is 9.93. The molecule has 0 aromatic heterocycles. The van der Waals surface area contributed by atoms with Crippen LogP contribution in [0.25, 0.3) is 0 Å². The Morgan fingerprint density at radius 3 is 3.00 bits per heavy atom. The van der Waals surface area contributed by atoms with Crippen LogP contribution >= 0.6 is 0 Å². The second-order valence-electron chi connectivity index (χ2n) is 5.93. The normalized spacial score (nSPS) is 25.8. The molecule has 1 saturated heterocycles. The number of piperidine rings is 1. The number of ether oxygens (including phenoxy) is 1. The van der Waals surface area contributed by atoms with E-state index in [1.165, 1.54) is 0 Å². The second kappa shape index (κ2) is 5.93. The van der Waals surface area contributed by atoms with Gasteiger partial charge < -0.3 is 20.3 Å². The van der Waals surface area contributed by atoms with Crippen molar-refractivity contribution in [1.82, 2.24) is 10.2 Å². The SMILES string of the molecule is COc1ccc2c(c1)CCN(C1CCNCC1C)C(=O)N2. The van der Waals surface area contributed by atoms with E-state index < -0.39 is 0 Å². The van der Waals surface area contributed by atoms with Gasteiger partial charge in [-0.1, -0.05) is 6.92 Å². The van der Waals surface area contributed by atoms with Crippen LogP contribution in [0.1, 0.15) is 18.9 Å². The number of carbonyl (C=O) groups is 1. The fourth-order valence-electron chi connectivity index (χ4n) is 3.33. The van der Waals surface area contributed by atoms with Gasteiger partial charge in [0.05, 0.1) is 7.11 Å². The Morgan fingerprint density at radius 1 is 1.38 bits per heavy atom. The summed E-state index contributed by atoms with van der Waals surface area (Å²) in [7, 11) is 1.67. The number of urea groups is 1. The molecule has 0 bridgehead atoms. The number of nitrogens with one attached hydrogen (secondary N) is 2. The Hall–Kier alpha value is -1.75. The first-order chi connectivity index (χ1) is 10.2. The van der Waals surface area contributed by atoms with Crippen molar-refractivity contribution >= 4 is 11.7 Å². The van der Waals surface area contributed by atoms with Gasteiger partial charge in [-0.05, 0) is 55.6 Å². The summed E-state index contributed by atoms with van der Waals surface area (Å²) in [6.45, 7) is 4.95. The summed E-state index contributed by atoms with van der Waals surface area (Å²) in [6, 6.07) is 6.19. The first-order valence-electron chi connectivity index (χ1n) is 7.64. The van der Waals surface area contributed by atoms with Crippen LogP contribution in [-0.2, 0) is 6.42 Å². The molecule has 2 aliphatic heterocycles. The van der Waals surface area contributed by atoms with Crippen molar-refractivity contribution in [2.75, 3.05) is 32.1 Å². The average Bonchev–Trinajstić information content (AvgIpc) is 2.65. The summed E-state index contributed by atoms with van der Waals surface area (Å²) < 4.78 is 5.27. The molecular weight excluding hydrogens is 266 g/mol. The maximum absolute atomic E-state index is 12.5. The van der Waals surface area contributed by atoms with Gasteiger partial charge in [0.25, 0.3) is 0 Å². The molecule has 0 spiro atoms. The molecule has 21 heavy (non-hydrogen) atoms. The van der Waals surface area contributed by atoms with Gasteiger partial charge in [0.15, 0.2) is 0 Å². The lowest BCUT2D eigenvalue weighted by Crippen LogP contribution is -2.52. The van der Waals surface area contributed by atoms with E-state index in [2.05, 4.69) is 17.6 Å². The zero-order valence-corrected chi connectivity index (χ0v) is 12.7. The lowest BCUT2D eigenvalue weighted by Gasteiger charge is -2.38. The van der Waals surface area contributed by atoms with Gasteiger partial charge in [0.1, 0.15) is 5.75 Å². The summed E-state index contributed by atoms with van der Waals surface area (Å²) in [5, 5.41) is 6.44. The molecule has 1 aromatic carbocycles. The van der Waals surface area contributed by atoms with Crippen LogP contribution in [0, 0.1) is 5.92 Å². The highest BCUT2D eigenvalue weighted by Crippen LogP contribution is 2.28. The number of hydrogen-bond acceptors (Lipinski definition) is 3. The van der Waals surface area contributed by atoms with Crippen molar-refractivity contribution < 1.29 is 9.53 Å².